The molecular weight excluding hydrogens is 283 g/mol. The molecule has 0 aliphatic heterocycles. The van der Waals surface area contributed by atoms with Gasteiger partial charge < -0.3 is 5.11 Å². The molecule has 0 spiro atoms. The first-order valence-corrected chi connectivity index (χ1v) is 2.13. The van der Waals surface area contributed by atoms with Gasteiger partial charge in [0, 0.05) is 21.1 Å². The number of hydrogen-bond donors (Lipinski definition) is 1. The minimum atomic E-state index is 0. The second kappa shape index (κ2) is 3.68. The summed E-state index contributed by atoms with van der Waals surface area (Å²) in [5.41, 5.74) is 0. The van der Waals surface area contributed by atoms with E-state index in [2.05, 4.69) is 0 Å². The van der Waals surface area contributed by atoms with E-state index in [1.807, 2.05) is 6.07 Å². The molecule has 0 radical (unpaired) electrons. The maximum Gasteiger partial charge on any atom is 0.115 e. The SMILES string of the molecule is Oc1ccccc1.[Pt]. The molecule has 0 aliphatic rings. The first kappa shape index (κ1) is 7.71. The van der Waals surface area contributed by atoms with Crippen molar-refractivity contribution in [1.29, 1.82) is 0 Å². The number of para-hydroxylation sites is 1. The second-order valence-electron chi connectivity index (χ2n) is 1.34. The summed E-state index contributed by atoms with van der Waals surface area (Å²) in [6.07, 6.45) is 0. The van der Waals surface area contributed by atoms with E-state index in [0.29, 0.717) is 5.75 Å². The zero-order valence-electron chi connectivity index (χ0n) is 4.15. The molecule has 2 heteroatoms. The molecule has 0 unspecified atom stereocenters. The van der Waals surface area contributed by atoms with Gasteiger partial charge in [-0.2, -0.15) is 0 Å². The number of rotatable bonds is 0. The summed E-state index contributed by atoms with van der Waals surface area (Å²) in [5.74, 6) is 0.322. The van der Waals surface area contributed by atoms with Gasteiger partial charge in [0.05, 0.1) is 0 Å². The third kappa shape index (κ3) is 2.13. The maximum absolute atomic E-state index is 8.63. The van der Waals surface area contributed by atoms with Crippen LogP contribution in [0.25, 0.3) is 0 Å². The monoisotopic (exact) mass is 289 g/mol. The van der Waals surface area contributed by atoms with Gasteiger partial charge in [0.2, 0.25) is 0 Å². The van der Waals surface area contributed by atoms with Crippen molar-refractivity contribution < 1.29 is 26.2 Å². The molecule has 1 aromatic carbocycles. The van der Waals surface area contributed by atoms with E-state index >= 15 is 0 Å². The van der Waals surface area contributed by atoms with Crippen LogP contribution in [0.15, 0.2) is 30.3 Å². The summed E-state index contributed by atoms with van der Waals surface area (Å²) in [4.78, 5) is 0. The van der Waals surface area contributed by atoms with Gasteiger partial charge in [0.15, 0.2) is 0 Å². The fourth-order valence-electron chi connectivity index (χ4n) is 0.428. The first-order valence-electron chi connectivity index (χ1n) is 2.13. The van der Waals surface area contributed by atoms with E-state index in [4.69, 9.17) is 5.11 Å². The van der Waals surface area contributed by atoms with Crippen LogP contribution in [-0.4, -0.2) is 5.11 Å². The van der Waals surface area contributed by atoms with Crippen molar-refractivity contribution >= 4 is 0 Å². The Morgan fingerprint density at radius 2 is 1.50 bits per heavy atom. The molecule has 0 aliphatic carbocycles. The molecule has 0 saturated carbocycles. The van der Waals surface area contributed by atoms with Crippen LogP contribution in [0.5, 0.6) is 5.75 Å². The molecule has 0 bridgehead atoms. The predicted octanol–water partition coefficient (Wildman–Crippen LogP) is 1.39. The van der Waals surface area contributed by atoms with Gasteiger partial charge in [-0.25, -0.2) is 0 Å². The molecule has 0 fully saturated rings. The van der Waals surface area contributed by atoms with Crippen LogP contribution in [-0.2, 0) is 21.1 Å². The van der Waals surface area contributed by atoms with Crippen LogP contribution in [0.1, 0.15) is 0 Å². The Kier molecular flexibility index (Phi) is 3.54. The third-order valence-electron chi connectivity index (χ3n) is 0.756. The number of aromatic hydroxyl groups is 1. The summed E-state index contributed by atoms with van der Waals surface area (Å²) in [5, 5.41) is 8.63. The van der Waals surface area contributed by atoms with Crippen molar-refractivity contribution in [2.45, 2.75) is 0 Å². The maximum atomic E-state index is 8.63. The Morgan fingerprint density at radius 1 is 1.00 bits per heavy atom. The minimum Gasteiger partial charge on any atom is -0.508 e. The molecule has 1 aromatic rings. The van der Waals surface area contributed by atoms with Crippen LogP contribution >= 0.6 is 0 Å². The topological polar surface area (TPSA) is 20.2 Å². The van der Waals surface area contributed by atoms with Gasteiger partial charge in [0.25, 0.3) is 0 Å². The van der Waals surface area contributed by atoms with Gasteiger partial charge in [0.1, 0.15) is 5.75 Å². The van der Waals surface area contributed by atoms with Crippen molar-refractivity contribution in [1.82, 2.24) is 0 Å². The van der Waals surface area contributed by atoms with Crippen molar-refractivity contribution in [3.63, 3.8) is 0 Å². The fraction of sp³-hybridized carbons (Fsp3) is 0. The Morgan fingerprint density at radius 3 is 1.75 bits per heavy atom. The van der Waals surface area contributed by atoms with E-state index in [1.54, 1.807) is 24.3 Å². The van der Waals surface area contributed by atoms with Gasteiger partial charge in [-0.15, -0.1) is 0 Å². The average Bonchev–Trinajstić information content (AvgIpc) is 1.69. The zero-order chi connectivity index (χ0) is 5.11. The summed E-state index contributed by atoms with van der Waals surface area (Å²) < 4.78 is 0. The Hall–Kier alpha value is -0.292. The molecule has 0 heterocycles. The van der Waals surface area contributed by atoms with Gasteiger partial charge in [-0.05, 0) is 12.1 Å². The second-order valence-corrected chi connectivity index (χ2v) is 1.34. The van der Waals surface area contributed by atoms with Crippen molar-refractivity contribution in [3.05, 3.63) is 30.3 Å². The van der Waals surface area contributed by atoms with E-state index in [9.17, 15) is 0 Å². The normalized spacial score (nSPS) is 7.50. The standard InChI is InChI=1S/C6H6O.Pt/c7-6-4-2-1-3-5-6;/h1-5,7H;. The number of phenolic OH excluding ortho intramolecular Hbond substituents is 1. The van der Waals surface area contributed by atoms with Crippen LogP contribution in [0.3, 0.4) is 0 Å². The smallest absolute Gasteiger partial charge is 0.115 e. The van der Waals surface area contributed by atoms with Crippen molar-refractivity contribution in [2.24, 2.45) is 0 Å². The van der Waals surface area contributed by atoms with Gasteiger partial charge in [-0.1, -0.05) is 18.2 Å². The number of benzene rings is 1. The van der Waals surface area contributed by atoms with E-state index in [0.717, 1.165) is 0 Å². The summed E-state index contributed by atoms with van der Waals surface area (Å²) in [7, 11) is 0. The Bertz CT molecular complexity index is 138. The van der Waals surface area contributed by atoms with Crippen LogP contribution in [0.4, 0.5) is 0 Å². The van der Waals surface area contributed by atoms with Gasteiger partial charge in [-0.3, -0.25) is 0 Å². The number of phenols is 1. The summed E-state index contributed by atoms with van der Waals surface area (Å²) in [6.45, 7) is 0. The third-order valence-corrected chi connectivity index (χ3v) is 0.756. The largest absolute Gasteiger partial charge is 0.508 e. The summed E-state index contributed by atoms with van der Waals surface area (Å²) >= 11 is 0. The Labute approximate surface area is 62.6 Å². The molecule has 1 rings (SSSR count). The minimum absolute atomic E-state index is 0. The van der Waals surface area contributed by atoms with Crippen molar-refractivity contribution in [3.8, 4) is 5.75 Å². The zero-order valence-corrected chi connectivity index (χ0v) is 6.42. The molecule has 0 atom stereocenters. The quantitative estimate of drug-likeness (QED) is 0.765. The summed E-state index contributed by atoms with van der Waals surface area (Å²) in [6, 6.07) is 8.71. The van der Waals surface area contributed by atoms with Gasteiger partial charge >= 0.3 is 0 Å². The van der Waals surface area contributed by atoms with E-state index in [1.165, 1.54) is 0 Å². The number of hydrogen-bond acceptors (Lipinski definition) is 1. The van der Waals surface area contributed by atoms with Crippen LogP contribution in [0, 0.1) is 0 Å². The van der Waals surface area contributed by atoms with E-state index < -0.39 is 0 Å². The fourth-order valence-corrected chi connectivity index (χ4v) is 0.428. The van der Waals surface area contributed by atoms with E-state index in [-0.39, 0.29) is 21.1 Å². The Balaban J connectivity index is 0.000000490. The first-order chi connectivity index (χ1) is 3.39. The van der Waals surface area contributed by atoms with Crippen LogP contribution in [0.2, 0.25) is 0 Å². The molecule has 46 valence electrons. The van der Waals surface area contributed by atoms with Crippen molar-refractivity contribution in [2.75, 3.05) is 0 Å². The predicted molar refractivity (Wildman–Crippen MR) is 28.1 cm³/mol. The molecule has 8 heavy (non-hydrogen) atoms. The molecule has 0 saturated heterocycles. The molecular formula is C6H6OPt. The van der Waals surface area contributed by atoms with Crippen LogP contribution < -0.4 is 0 Å². The average molecular weight is 289 g/mol. The molecule has 1 nitrogen and oxygen atoms in total. The molecule has 0 amide bonds. The molecule has 0 aromatic heterocycles. The molecule has 1 N–H and O–H groups in total.